The smallest absolute Gasteiger partial charge is 0.207 e. The molecule has 6 heteroatoms. The summed E-state index contributed by atoms with van der Waals surface area (Å²) in [6, 6.07) is 5.01. The van der Waals surface area contributed by atoms with Gasteiger partial charge >= 0.3 is 0 Å². The van der Waals surface area contributed by atoms with E-state index < -0.39 is 15.8 Å². The molecule has 4 nitrogen and oxygen atoms in total. The summed E-state index contributed by atoms with van der Waals surface area (Å²) in [5.74, 6) is -0.703. The molecule has 0 spiro atoms. The van der Waals surface area contributed by atoms with Crippen LogP contribution < -0.4 is 0 Å². The third-order valence-corrected chi connectivity index (χ3v) is 5.67. The van der Waals surface area contributed by atoms with E-state index in [2.05, 4.69) is 13.8 Å². The van der Waals surface area contributed by atoms with Crippen LogP contribution in [0.3, 0.4) is 0 Å². The van der Waals surface area contributed by atoms with Crippen molar-refractivity contribution < 1.29 is 12.8 Å². The minimum atomic E-state index is -3.65. The maximum atomic E-state index is 13.3. The van der Waals surface area contributed by atoms with Gasteiger partial charge in [0.25, 0.3) is 0 Å². The third-order valence-electron chi connectivity index (χ3n) is 3.77. The van der Waals surface area contributed by atoms with Gasteiger partial charge in [0.1, 0.15) is 11.9 Å². The largest absolute Gasteiger partial charge is 0.243 e. The second-order valence-electron chi connectivity index (χ2n) is 5.82. The van der Waals surface area contributed by atoms with Gasteiger partial charge in [-0.05, 0) is 36.5 Å². The summed E-state index contributed by atoms with van der Waals surface area (Å²) < 4.78 is 39.6. The molecule has 1 aliphatic heterocycles. The second kappa shape index (κ2) is 5.15. The molecule has 0 atom stereocenters. The van der Waals surface area contributed by atoms with Crippen LogP contribution in [-0.2, 0) is 10.0 Å². The fourth-order valence-electron chi connectivity index (χ4n) is 2.23. The van der Waals surface area contributed by atoms with E-state index in [-0.39, 0.29) is 15.9 Å². The molecule has 0 radical (unpaired) electrons. The molecule has 0 N–H and O–H groups in total. The lowest BCUT2D eigenvalue weighted by Crippen LogP contribution is -2.41. The molecule has 1 saturated heterocycles. The minimum Gasteiger partial charge on any atom is -0.207 e. The van der Waals surface area contributed by atoms with E-state index in [1.165, 1.54) is 10.4 Å². The highest BCUT2D eigenvalue weighted by atomic mass is 32.2. The molecule has 0 bridgehead atoms. The Bertz CT molecular complexity index is 652. The van der Waals surface area contributed by atoms with Gasteiger partial charge in [-0.2, -0.15) is 9.57 Å². The van der Waals surface area contributed by atoms with Gasteiger partial charge in [-0.1, -0.05) is 13.8 Å². The summed E-state index contributed by atoms with van der Waals surface area (Å²) in [4.78, 5) is -0.0184. The Morgan fingerprint density at radius 2 is 1.90 bits per heavy atom. The number of piperidine rings is 1. The van der Waals surface area contributed by atoms with Gasteiger partial charge in [-0.15, -0.1) is 0 Å². The van der Waals surface area contributed by atoms with Crippen molar-refractivity contribution in [2.45, 2.75) is 31.6 Å². The quantitative estimate of drug-likeness (QED) is 0.842. The van der Waals surface area contributed by atoms with E-state index in [1.807, 2.05) is 0 Å². The highest BCUT2D eigenvalue weighted by molar-refractivity contribution is 7.89. The molecule has 0 amide bonds. The fourth-order valence-corrected chi connectivity index (χ4v) is 3.70. The number of nitrogens with zero attached hydrogens (tertiary/aromatic N) is 2. The average Bonchev–Trinajstić information content (AvgIpc) is 2.38. The van der Waals surface area contributed by atoms with Crippen molar-refractivity contribution in [2.75, 3.05) is 13.1 Å². The van der Waals surface area contributed by atoms with Gasteiger partial charge in [0, 0.05) is 13.1 Å². The lowest BCUT2D eigenvalue weighted by Gasteiger charge is -2.36. The van der Waals surface area contributed by atoms with Crippen molar-refractivity contribution in [2.24, 2.45) is 5.41 Å². The summed E-state index contributed by atoms with van der Waals surface area (Å²) >= 11 is 0. The molecule has 1 fully saturated rings. The fraction of sp³-hybridized carbons (Fsp3) is 0.500. The number of sulfonamides is 1. The van der Waals surface area contributed by atoms with Crippen LogP contribution in [0.4, 0.5) is 4.39 Å². The van der Waals surface area contributed by atoms with Crippen LogP contribution in [0.25, 0.3) is 0 Å². The van der Waals surface area contributed by atoms with Gasteiger partial charge in [-0.3, -0.25) is 0 Å². The first-order chi connectivity index (χ1) is 9.26. The van der Waals surface area contributed by atoms with Crippen LogP contribution >= 0.6 is 0 Å². The van der Waals surface area contributed by atoms with E-state index in [1.54, 1.807) is 6.07 Å². The Morgan fingerprint density at radius 1 is 1.30 bits per heavy atom. The summed E-state index contributed by atoms with van der Waals surface area (Å²) in [6.45, 7) is 5.13. The Balaban J connectivity index is 2.30. The first-order valence-corrected chi connectivity index (χ1v) is 7.90. The SMILES string of the molecule is CC1(C)CCN(S(=O)(=O)c2ccc(F)c(C#N)c2)CC1. The molecule has 1 aliphatic rings. The second-order valence-corrected chi connectivity index (χ2v) is 7.76. The normalized spacial score (nSPS) is 19.5. The summed E-state index contributed by atoms with van der Waals surface area (Å²) in [5, 5.41) is 8.79. The van der Waals surface area contributed by atoms with Gasteiger partial charge in [-0.25, -0.2) is 12.8 Å². The van der Waals surface area contributed by atoms with E-state index in [9.17, 15) is 12.8 Å². The number of nitriles is 1. The van der Waals surface area contributed by atoms with Crippen LogP contribution in [0.5, 0.6) is 0 Å². The van der Waals surface area contributed by atoms with Crippen molar-refractivity contribution in [1.29, 1.82) is 5.26 Å². The lowest BCUT2D eigenvalue weighted by atomic mass is 9.83. The van der Waals surface area contributed by atoms with E-state index in [4.69, 9.17) is 5.26 Å². The monoisotopic (exact) mass is 296 g/mol. The summed E-state index contributed by atoms with van der Waals surface area (Å²) in [5.41, 5.74) is -0.101. The van der Waals surface area contributed by atoms with Crippen molar-refractivity contribution >= 4 is 10.0 Å². The predicted molar refractivity (Wildman–Crippen MR) is 72.9 cm³/mol. The molecule has 2 rings (SSSR count). The Morgan fingerprint density at radius 3 is 2.45 bits per heavy atom. The van der Waals surface area contributed by atoms with Gasteiger partial charge < -0.3 is 0 Å². The first kappa shape index (κ1) is 14.9. The van der Waals surface area contributed by atoms with E-state index >= 15 is 0 Å². The molecule has 108 valence electrons. The van der Waals surface area contributed by atoms with Crippen molar-refractivity contribution in [3.05, 3.63) is 29.6 Å². The number of hydrogen-bond acceptors (Lipinski definition) is 3. The summed E-state index contributed by atoms with van der Waals surface area (Å²) in [7, 11) is -3.65. The minimum absolute atomic E-state index is 0.0184. The van der Waals surface area contributed by atoms with E-state index in [0.717, 1.165) is 25.0 Å². The third kappa shape index (κ3) is 2.84. The zero-order valence-electron chi connectivity index (χ0n) is 11.6. The molecule has 0 saturated carbocycles. The van der Waals surface area contributed by atoms with Gasteiger partial charge in [0.05, 0.1) is 10.5 Å². The molecule has 1 heterocycles. The Kier molecular flexibility index (Phi) is 3.85. The first-order valence-electron chi connectivity index (χ1n) is 6.46. The molecule has 0 unspecified atom stereocenters. The number of rotatable bonds is 2. The topological polar surface area (TPSA) is 61.2 Å². The van der Waals surface area contributed by atoms with Crippen molar-refractivity contribution in [1.82, 2.24) is 4.31 Å². The van der Waals surface area contributed by atoms with Crippen LogP contribution in [0.1, 0.15) is 32.3 Å². The highest BCUT2D eigenvalue weighted by Crippen LogP contribution is 2.32. The highest BCUT2D eigenvalue weighted by Gasteiger charge is 2.32. The maximum Gasteiger partial charge on any atom is 0.243 e. The standard InChI is InChI=1S/C14H17FN2O2S/c1-14(2)5-7-17(8-6-14)20(18,19)12-3-4-13(15)11(9-12)10-16/h3-4,9H,5-8H2,1-2H3. The molecular weight excluding hydrogens is 279 g/mol. The number of benzene rings is 1. The van der Waals surface area contributed by atoms with Gasteiger partial charge in [0.2, 0.25) is 10.0 Å². The molecular formula is C14H17FN2O2S. The number of hydrogen-bond donors (Lipinski definition) is 0. The van der Waals surface area contributed by atoms with Crippen LogP contribution in [0.15, 0.2) is 23.1 Å². The Labute approximate surface area is 118 Å². The molecule has 0 aromatic heterocycles. The van der Waals surface area contributed by atoms with E-state index in [0.29, 0.717) is 13.1 Å². The van der Waals surface area contributed by atoms with Crippen LogP contribution in [-0.4, -0.2) is 25.8 Å². The molecule has 1 aromatic rings. The average molecular weight is 296 g/mol. The van der Waals surface area contributed by atoms with Crippen LogP contribution in [0.2, 0.25) is 0 Å². The predicted octanol–water partition coefficient (Wildman–Crippen LogP) is 2.51. The summed E-state index contributed by atoms with van der Waals surface area (Å²) in [6.07, 6.45) is 1.58. The van der Waals surface area contributed by atoms with Crippen molar-refractivity contribution in [3.63, 3.8) is 0 Å². The molecule has 1 aromatic carbocycles. The zero-order valence-corrected chi connectivity index (χ0v) is 12.4. The lowest BCUT2D eigenvalue weighted by molar-refractivity contribution is 0.196. The molecule has 0 aliphatic carbocycles. The Hall–Kier alpha value is -1.45. The molecule has 20 heavy (non-hydrogen) atoms. The maximum absolute atomic E-state index is 13.3. The zero-order chi connectivity index (χ0) is 15.0. The number of halogens is 1. The van der Waals surface area contributed by atoms with Gasteiger partial charge in [0.15, 0.2) is 0 Å². The van der Waals surface area contributed by atoms with Crippen LogP contribution in [0, 0.1) is 22.6 Å². The van der Waals surface area contributed by atoms with Crippen molar-refractivity contribution in [3.8, 4) is 6.07 Å².